The Balaban J connectivity index is 2.08. The summed E-state index contributed by atoms with van der Waals surface area (Å²) >= 11 is 6.11. The summed E-state index contributed by atoms with van der Waals surface area (Å²) in [6.07, 6.45) is 15.6. The van der Waals surface area contributed by atoms with Gasteiger partial charge in [0.1, 0.15) is 0 Å². The van der Waals surface area contributed by atoms with Crippen LogP contribution in [0.3, 0.4) is 0 Å². The largest absolute Gasteiger partial charge is 0.0891 e. The normalized spacial score (nSPS) is 47.3. The fourth-order valence-electron chi connectivity index (χ4n) is 2.52. The average Bonchev–Trinajstić information content (AvgIpc) is 2.06. The predicted molar refractivity (Wildman–Crippen MR) is 55.3 cm³/mol. The van der Waals surface area contributed by atoms with E-state index in [1.807, 2.05) is 0 Å². The van der Waals surface area contributed by atoms with Gasteiger partial charge in [0.15, 0.2) is 0 Å². The zero-order chi connectivity index (χ0) is 8.84. The van der Waals surface area contributed by atoms with Crippen LogP contribution >= 0.6 is 11.6 Å². The van der Waals surface area contributed by atoms with Crippen molar-refractivity contribution >= 4 is 11.6 Å². The van der Waals surface area contributed by atoms with Crippen LogP contribution in [0.2, 0.25) is 0 Å². The summed E-state index contributed by atoms with van der Waals surface area (Å²) in [5.41, 5.74) is 0. The van der Waals surface area contributed by atoms with E-state index >= 15 is 0 Å². The van der Waals surface area contributed by atoms with E-state index in [0.29, 0.717) is 23.7 Å². The first-order valence-corrected chi connectivity index (χ1v) is 5.14. The van der Waals surface area contributed by atoms with Crippen LogP contribution in [-0.2, 0) is 0 Å². The van der Waals surface area contributed by atoms with Gasteiger partial charge in [-0.15, -0.1) is 0 Å². The number of allylic oxidation sites excluding steroid dienone is 8. The molecule has 0 aromatic rings. The molecule has 0 saturated carbocycles. The number of halogens is 1. The Morgan fingerprint density at radius 2 is 1.62 bits per heavy atom. The Hall–Kier alpha value is -0.750. The summed E-state index contributed by atoms with van der Waals surface area (Å²) in [6, 6.07) is 0. The van der Waals surface area contributed by atoms with Crippen LogP contribution in [-0.4, -0.2) is 0 Å². The van der Waals surface area contributed by atoms with Crippen molar-refractivity contribution in [1.82, 2.24) is 0 Å². The first-order chi connectivity index (χ1) is 6.36. The number of hydrogen-bond acceptors (Lipinski definition) is 0. The highest BCUT2D eigenvalue weighted by molar-refractivity contribution is 6.30. The smallest absolute Gasteiger partial charge is 0.0190 e. The van der Waals surface area contributed by atoms with E-state index in [1.165, 1.54) is 0 Å². The maximum atomic E-state index is 6.11. The quantitative estimate of drug-likeness (QED) is 0.515. The van der Waals surface area contributed by atoms with Crippen LogP contribution in [0, 0.1) is 23.7 Å². The molecule has 0 aliphatic heterocycles. The lowest BCUT2D eigenvalue weighted by Gasteiger charge is -2.43. The van der Waals surface area contributed by atoms with Gasteiger partial charge in [0.05, 0.1) is 0 Å². The van der Waals surface area contributed by atoms with Crippen molar-refractivity contribution in [2.24, 2.45) is 23.7 Å². The molecule has 0 amide bonds. The number of hydrogen-bond donors (Lipinski definition) is 0. The van der Waals surface area contributed by atoms with Crippen LogP contribution < -0.4 is 0 Å². The zero-order valence-electron chi connectivity index (χ0n) is 7.23. The SMILES string of the molecule is ClC1=C[C@@H]2[C@H]1[C@@H]1C=C/C=C/[C@@H]2C=C1. The van der Waals surface area contributed by atoms with E-state index in [-0.39, 0.29) is 0 Å². The molecule has 0 saturated heterocycles. The summed E-state index contributed by atoms with van der Waals surface area (Å²) in [5.74, 6) is 2.33. The van der Waals surface area contributed by atoms with Crippen LogP contribution in [0.4, 0.5) is 0 Å². The highest BCUT2D eigenvalue weighted by Crippen LogP contribution is 2.50. The maximum absolute atomic E-state index is 6.11. The molecule has 0 spiro atoms. The standard InChI is InChI=1S/C12H11Cl/c13-11-7-10-8-3-1-2-4-9(6-5-8)12(10)11/h1-10,12H/b3-1+,4-2?/t8-,9-,10+,12-/m1/s1. The Bertz CT molecular complexity index is 346. The van der Waals surface area contributed by atoms with E-state index in [9.17, 15) is 0 Å². The average molecular weight is 191 g/mol. The highest BCUT2D eigenvalue weighted by Gasteiger charge is 2.41. The molecule has 0 heterocycles. The van der Waals surface area contributed by atoms with Crippen LogP contribution in [0.1, 0.15) is 0 Å². The van der Waals surface area contributed by atoms with Crippen molar-refractivity contribution in [1.29, 1.82) is 0 Å². The van der Waals surface area contributed by atoms with Gasteiger partial charge in [0.2, 0.25) is 0 Å². The minimum absolute atomic E-state index is 0.531. The minimum atomic E-state index is 0.531. The molecule has 4 atom stereocenters. The summed E-state index contributed by atoms with van der Waals surface area (Å²) < 4.78 is 0. The molecule has 0 radical (unpaired) electrons. The lowest BCUT2D eigenvalue weighted by molar-refractivity contribution is 0.304. The first-order valence-electron chi connectivity index (χ1n) is 4.77. The van der Waals surface area contributed by atoms with Crippen molar-refractivity contribution in [3.05, 3.63) is 47.6 Å². The van der Waals surface area contributed by atoms with Crippen LogP contribution in [0.15, 0.2) is 47.6 Å². The molecule has 0 aromatic carbocycles. The lowest BCUT2D eigenvalue weighted by atomic mass is 9.63. The second-order valence-corrected chi connectivity index (χ2v) is 4.40. The van der Waals surface area contributed by atoms with Crippen molar-refractivity contribution in [2.45, 2.75) is 0 Å². The molecule has 0 aromatic heterocycles. The van der Waals surface area contributed by atoms with Gasteiger partial charge in [-0.2, -0.15) is 0 Å². The van der Waals surface area contributed by atoms with Crippen LogP contribution in [0.5, 0.6) is 0 Å². The van der Waals surface area contributed by atoms with Gasteiger partial charge < -0.3 is 0 Å². The molecular weight excluding hydrogens is 180 g/mol. The second kappa shape index (κ2) is 2.62. The fraction of sp³-hybridized carbons (Fsp3) is 0.333. The number of rotatable bonds is 0. The molecule has 0 N–H and O–H groups in total. The maximum Gasteiger partial charge on any atom is 0.0190 e. The third-order valence-corrected chi connectivity index (χ3v) is 3.66. The van der Waals surface area contributed by atoms with Crippen molar-refractivity contribution in [3.8, 4) is 0 Å². The topological polar surface area (TPSA) is 0 Å². The van der Waals surface area contributed by atoms with Gasteiger partial charge in [-0.05, 0) is 5.92 Å². The van der Waals surface area contributed by atoms with Gasteiger partial charge in [-0.1, -0.05) is 54.1 Å². The summed E-state index contributed by atoms with van der Waals surface area (Å²) in [6.45, 7) is 0. The molecule has 13 heavy (non-hydrogen) atoms. The van der Waals surface area contributed by atoms with E-state index < -0.39 is 0 Å². The molecule has 0 fully saturated rings. The fourth-order valence-corrected chi connectivity index (χ4v) is 2.96. The Labute approximate surface area is 83.3 Å². The minimum Gasteiger partial charge on any atom is -0.0891 e. The Kier molecular flexibility index (Phi) is 1.54. The van der Waals surface area contributed by atoms with Crippen molar-refractivity contribution in [2.75, 3.05) is 0 Å². The van der Waals surface area contributed by atoms with E-state index in [2.05, 4.69) is 42.5 Å². The van der Waals surface area contributed by atoms with Gasteiger partial charge in [0, 0.05) is 22.8 Å². The molecule has 2 bridgehead atoms. The summed E-state index contributed by atoms with van der Waals surface area (Å²) in [4.78, 5) is 0. The summed E-state index contributed by atoms with van der Waals surface area (Å²) in [5, 5.41) is 1.06. The van der Waals surface area contributed by atoms with Crippen LogP contribution in [0.25, 0.3) is 0 Å². The van der Waals surface area contributed by atoms with Gasteiger partial charge in [-0.25, -0.2) is 0 Å². The second-order valence-electron chi connectivity index (χ2n) is 3.96. The first kappa shape index (κ1) is 7.64. The molecule has 66 valence electrons. The van der Waals surface area contributed by atoms with E-state index in [1.54, 1.807) is 0 Å². The Morgan fingerprint density at radius 1 is 0.923 bits per heavy atom. The van der Waals surface area contributed by atoms with Gasteiger partial charge in [-0.3, -0.25) is 0 Å². The van der Waals surface area contributed by atoms with Gasteiger partial charge in [0.25, 0.3) is 0 Å². The van der Waals surface area contributed by atoms with Gasteiger partial charge >= 0.3 is 0 Å². The highest BCUT2D eigenvalue weighted by atomic mass is 35.5. The molecule has 3 rings (SSSR count). The Morgan fingerprint density at radius 3 is 2.38 bits per heavy atom. The molecular formula is C12H11Cl. The summed E-state index contributed by atoms with van der Waals surface area (Å²) in [7, 11) is 0. The molecule has 0 nitrogen and oxygen atoms in total. The van der Waals surface area contributed by atoms with E-state index in [4.69, 9.17) is 11.6 Å². The lowest BCUT2D eigenvalue weighted by Crippen LogP contribution is -2.36. The predicted octanol–water partition coefficient (Wildman–Crippen LogP) is 3.28. The zero-order valence-corrected chi connectivity index (χ0v) is 7.98. The monoisotopic (exact) mass is 190 g/mol. The molecule has 0 unspecified atom stereocenters. The molecule has 1 heteroatoms. The van der Waals surface area contributed by atoms with E-state index in [0.717, 1.165) is 5.03 Å². The molecule has 3 aliphatic carbocycles. The van der Waals surface area contributed by atoms with Crippen molar-refractivity contribution < 1.29 is 0 Å². The molecule has 3 aliphatic rings. The third kappa shape index (κ3) is 0.986. The third-order valence-electron chi connectivity index (χ3n) is 3.28. The van der Waals surface area contributed by atoms with Crippen molar-refractivity contribution in [3.63, 3.8) is 0 Å².